The number of aliphatic hydroxyl groups excluding tert-OH is 1. The van der Waals surface area contributed by atoms with Crippen LogP contribution < -0.4 is 5.32 Å². The maximum Gasteiger partial charge on any atom is 0.329 e. The number of Topliss-reactive ketones (excluding diaryl/α,β-unsaturated/α-hetero) is 1. The predicted octanol–water partition coefficient (Wildman–Crippen LogP) is -0.145. The third-order valence-electron chi connectivity index (χ3n) is 3.89. The Morgan fingerprint density at radius 2 is 2.17 bits per heavy atom. The summed E-state index contributed by atoms with van der Waals surface area (Å²) in [5, 5.41) is 22.7. The predicted molar refractivity (Wildman–Crippen MR) is 78.9 cm³/mol. The Kier molecular flexibility index (Phi) is 7.11. The lowest BCUT2D eigenvalue weighted by atomic mass is 9.89. The summed E-state index contributed by atoms with van der Waals surface area (Å²) in [5.74, 6) is -3.04. The minimum atomic E-state index is -2.31. The van der Waals surface area contributed by atoms with Crippen LogP contribution in [0.1, 0.15) is 46.5 Å². The molecule has 0 spiro atoms. The van der Waals surface area contributed by atoms with Crippen molar-refractivity contribution in [2.24, 2.45) is 5.92 Å². The van der Waals surface area contributed by atoms with E-state index < -0.39 is 36.6 Å². The van der Waals surface area contributed by atoms with Crippen molar-refractivity contribution in [3.63, 3.8) is 0 Å². The van der Waals surface area contributed by atoms with Crippen molar-refractivity contribution in [2.75, 3.05) is 0 Å². The van der Waals surface area contributed by atoms with Crippen molar-refractivity contribution in [3.8, 4) is 0 Å². The molecule has 0 aromatic carbocycles. The molecule has 3 N–H and O–H groups in total. The fourth-order valence-electron chi connectivity index (χ4n) is 2.73. The molecule has 23 heavy (non-hydrogen) atoms. The molecule has 5 unspecified atom stereocenters. The lowest BCUT2D eigenvalue weighted by Gasteiger charge is -2.42. The van der Waals surface area contributed by atoms with Gasteiger partial charge in [0.1, 0.15) is 5.78 Å². The van der Waals surface area contributed by atoms with E-state index in [0.29, 0.717) is 6.42 Å². The van der Waals surface area contributed by atoms with Gasteiger partial charge in [-0.05, 0) is 6.42 Å². The van der Waals surface area contributed by atoms with Gasteiger partial charge in [0.2, 0.25) is 5.91 Å². The number of hydrogen-bond donors (Lipinski definition) is 3. The second-order valence-corrected chi connectivity index (χ2v) is 5.94. The van der Waals surface area contributed by atoms with E-state index in [0.717, 1.165) is 6.42 Å². The molecule has 1 rings (SSSR count). The van der Waals surface area contributed by atoms with Gasteiger partial charge >= 0.3 is 5.97 Å². The summed E-state index contributed by atoms with van der Waals surface area (Å²) in [4.78, 5) is 34.0. The van der Waals surface area contributed by atoms with Crippen LogP contribution in [-0.4, -0.2) is 52.6 Å². The van der Waals surface area contributed by atoms with Gasteiger partial charge in [0, 0.05) is 19.3 Å². The van der Waals surface area contributed by atoms with Crippen LogP contribution in [0.5, 0.6) is 0 Å². The molecule has 0 saturated carbocycles. The molecular formula is C15H25NO7. The highest BCUT2D eigenvalue weighted by Gasteiger charge is 2.48. The van der Waals surface area contributed by atoms with E-state index in [1.165, 1.54) is 6.92 Å². The Morgan fingerprint density at radius 1 is 1.52 bits per heavy atom. The van der Waals surface area contributed by atoms with E-state index in [9.17, 15) is 24.6 Å². The van der Waals surface area contributed by atoms with Gasteiger partial charge in [-0.25, -0.2) is 0 Å². The Hall–Kier alpha value is -1.51. The minimum Gasteiger partial charge on any atom is -0.410 e. The summed E-state index contributed by atoms with van der Waals surface area (Å²) >= 11 is 0. The normalized spacial score (nSPS) is 32.0. The lowest BCUT2D eigenvalue weighted by molar-refractivity contribution is -0.382. The number of hydrogen-bond acceptors (Lipinski definition) is 7. The van der Waals surface area contributed by atoms with Crippen LogP contribution in [0.25, 0.3) is 0 Å². The number of carbonyl (C=O) groups excluding carboxylic acids is 3. The Morgan fingerprint density at radius 3 is 2.70 bits per heavy atom. The van der Waals surface area contributed by atoms with Crippen LogP contribution in [0, 0.1) is 5.92 Å². The molecule has 132 valence electrons. The SMILES string of the molecule is CCCC(C)C(=O)CC1OC(O)(OC=O)CC(O)C1NC(C)=O. The Labute approximate surface area is 135 Å². The number of ether oxygens (including phenoxy) is 2. The maximum absolute atomic E-state index is 12.2. The monoisotopic (exact) mass is 331 g/mol. The first-order chi connectivity index (χ1) is 10.7. The van der Waals surface area contributed by atoms with Gasteiger partial charge in [0.15, 0.2) is 0 Å². The number of nitrogens with one attached hydrogen (secondary N) is 1. The zero-order chi connectivity index (χ0) is 17.6. The Balaban J connectivity index is 2.90. The van der Waals surface area contributed by atoms with Crippen molar-refractivity contribution < 1.29 is 34.1 Å². The van der Waals surface area contributed by atoms with Gasteiger partial charge in [0.25, 0.3) is 6.47 Å². The number of ketones is 1. The maximum atomic E-state index is 12.2. The zero-order valence-corrected chi connectivity index (χ0v) is 13.7. The van der Waals surface area contributed by atoms with Crippen LogP contribution in [0.2, 0.25) is 0 Å². The highest BCUT2D eigenvalue weighted by Crippen LogP contribution is 2.30. The molecule has 0 radical (unpaired) electrons. The lowest BCUT2D eigenvalue weighted by Crippen LogP contribution is -2.61. The number of amides is 1. The van der Waals surface area contributed by atoms with E-state index in [-0.39, 0.29) is 24.6 Å². The summed E-state index contributed by atoms with van der Waals surface area (Å²) in [5.41, 5.74) is 0. The first kappa shape index (κ1) is 19.5. The molecule has 5 atom stereocenters. The largest absolute Gasteiger partial charge is 0.410 e. The Bertz CT molecular complexity index is 442. The summed E-state index contributed by atoms with van der Waals surface area (Å²) in [7, 11) is 0. The van der Waals surface area contributed by atoms with Gasteiger partial charge < -0.3 is 25.0 Å². The van der Waals surface area contributed by atoms with Crippen LogP contribution in [-0.2, 0) is 23.9 Å². The molecular weight excluding hydrogens is 306 g/mol. The molecule has 1 saturated heterocycles. The zero-order valence-electron chi connectivity index (χ0n) is 13.7. The van der Waals surface area contributed by atoms with E-state index in [1.54, 1.807) is 6.92 Å². The minimum absolute atomic E-state index is 0.00401. The summed E-state index contributed by atoms with van der Waals surface area (Å²) in [6.45, 7) is 5.02. The van der Waals surface area contributed by atoms with Gasteiger partial charge in [0.05, 0.1) is 24.7 Å². The van der Waals surface area contributed by atoms with Crippen LogP contribution >= 0.6 is 0 Å². The van der Waals surface area contributed by atoms with E-state index in [2.05, 4.69) is 10.1 Å². The number of aliphatic hydroxyl groups is 2. The van der Waals surface area contributed by atoms with E-state index in [1.807, 2.05) is 6.92 Å². The highest BCUT2D eigenvalue weighted by atomic mass is 16.8. The summed E-state index contributed by atoms with van der Waals surface area (Å²) in [6.07, 6.45) is -1.22. The van der Waals surface area contributed by atoms with Gasteiger partial charge in [-0.3, -0.25) is 14.4 Å². The van der Waals surface area contributed by atoms with Crippen molar-refractivity contribution in [1.82, 2.24) is 5.32 Å². The highest BCUT2D eigenvalue weighted by molar-refractivity contribution is 5.81. The van der Waals surface area contributed by atoms with Crippen LogP contribution in [0.15, 0.2) is 0 Å². The standard InChI is InChI=1S/C15H25NO7/c1-4-5-9(2)11(19)6-13-14(16-10(3)18)12(20)7-15(21,23-13)22-8-17/h8-9,12-14,20-21H,4-7H2,1-3H3,(H,16,18). The van der Waals surface area contributed by atoms with Gasteiger partial charge in [-0.15, -0.1) is 0 Å². The molecule has 0 aromatic rings. The average Bonchev–Trinajstić information content (AvgIpc) is 2.42. The fraction of sp³-hybridized carbons (Fsp3) is 0.800. The van der Waals surface area contributed by atoms with Crippen molar-refractivity contribution >= 4 is 18.2 Å². The first-order valence-electron chi connectivity index (χ1n) is 7.72. The second-order valence-electron chi connectivity index (χ2n) is 5.94. The molecule has 1 aliphatic rings. The van der Waals surface area contributed by atoms with E-state index in [4.69, 9.17) is 4.74 Å². The van der Waals surface area contributed by atoms with Crippen molar-refractivity contribution in [2.45, 2.75) is 70.7 Å². The first-order valence-corrected chi connectivity index (χ1v) is 7.72. The molecule has 1 amide bonds. The topological polar surface area (TPSA) is 122 Å². The molecule has 1 fully saturated rings. The molecule has 1 aliphatic heterocycles. The molecule has 0 bridgehead atoms. The summed E-state index contributed by atoms with van der Waals surface area (Å²) < 4.78 is 9.79. The molecule has 0 aliphatic carbocycles. The third kappa shape index (κ3) is 5.56. The molecule has 0 aromatic heterocycles. The average molecular weight is 331 g/mol. The molecule has 8 heteroatoms. The summed E-state index contributed by atoms with van der Waals surface area (Å²) in [6, 6.07) is -0.874. The van der Waals surface area contributed by atoms with Crippen molar-refractivity contribution in [1.29, 1.82) is 0 Å². The second kappa shape index (κ2) is 8.37. The quantitative estimate of drug-likeness (QED) is 0.418. The fourth-order valence-corrected chi connectivity index (χ4v) is 2.73. The number of rotatable bonds is 8. The molecule has 1 heterocycles. The van der Waals surface area contributed by atoms with Crippen molar-refractivity contribution in [3.05, 3.63) is 0 Å². The van der Waals surface area contributed by atoms with Gasteiger partial charge in [-0.1, -0.05) is 20.3 Å². The van der Waals surface area contributed by atoms with Crippen LogP contribution in [0.4, 0.5) is 0 Å². The van der Waals surface area contributed by atoms with E-state index >= 15 is 0 Å². The number of carbonyl (C=O) groups is 3. The third-order valence-corrected chi connectivity index (χ3v) is 3.89. The van der Waals surface area contributed by atoms with Crippen LogP contribution in [0.3, 0.4) is 0 Å². The van der Waals surface area contributed by atoms with Gasteiger partial charge in [-0.2, -0.15) is 0 Å². The smallest absolute Gasteiger partial charge is 0.329 e. The molecule has 8 nitrogen and oxygen atoms in total.